The Labute approximate surface area is 86.4 Å². The molecule has 0 aliphatic heterocycles. The van der Waals surface area contributed by atoms with Crippen molar-refractivity contribution in [3.63, 3.8) is 0 Å². The summed E-state index contributed by atoms with van der Waals surface area (Å²) in [5.74, 6) is -1.68. The van der Waals surface area contributed by atoms with E-state index in [2.05, 4.69) is 5.32 Å². The summed E-state index contributed by atoms with van der Waals surface area (Å²) < 4.78 is 12.5. The molecule has 0 heterocycles. The maximum absolute atomic E-state index is 12.5. The molecule has 1 unspecified atom stereocenters. The fourth-order valence-electron chi connectivity index (χ4n) is 0.918. The number of carboxylic acids is 1. The molecule has 1 rings (SSSR count). The van der Waals surface area contributed by atoms with E-state index in [0.29, 0.717) is 5.69 Å². The summed E-state index contributed by atoms with van der Waals surface area (Å²) in [4.78, 5) is 10.5. The lowest BCUT2D eigenvalue weighted by molar-refractivity contribution is -0.155. The van der Waals surface area contributed by atoms with Crippen LogP contribution in [0.2, 0.25) is 0 Å². The van der Waals surface area contributed by atoms with Crippen molar-refractivity contribution < 1.29 is 19.4 Å². The van der Waals surface area contributed by atoms with Gasteiger partial charge in [0.25, 0.3) is 0 Å². The third-order valence-corrected chi connectivity index (χ3v) is 1.94. The fraction of sp³-hybridized carbons (Fsp3) is 0.300. The van der Waals surface area contributed by atoms with Crippen LogP contribution in [0.3, 0.4) is 0 Å². The molecule has 15 heavy (non-hydrogen) atoms. The van der Waals surface area contributed by atoms with Crippen LogP contribution >= 0.6 is 0 Å². The molecule has 0 aromatic heterocycles. The van der Waals surface area contributed by atoms with Gasteiger partial charge in [-0.3, -0.25) is 0 Å². The number of aliphatic hydroxyl groups is 1. The molecular weight excluding hydrogens is 201 g/mol. The highest BCUT2D eigenvalue weighted by Gasteiger charge is 2.29. The number of hydrogen-bond donors (Lipinski definition) is 3. The first-order valence-corrected chi connectivity index (χ1v) is 4.37. The van der Waals surface area contributed by atoms with Crippen LogP contribution in [0, 0.1) is 5.82 Å². The first-order chi connectivity index (χ1) is 6.92. The molecule has 82 valence electrons. The second kappa shape index (κ2) is 4.27. The third kappa shape index (κ3) is 3.21. The maximum atomic E-state index is 12.5. The second-order valence-corrected chi connectivity index (χ2v) is 3.44. The van der Waals surface area contributed by atoms with E-state index in [1.165, 1.54) is 31.2 Å². The average Bonchev–Trinajstić information content (AvgIpc) is 2.17. The Hall–Kier alpha value is -1.62. The van der Waals surface area contributed by atoms with Crippen LogP contribution in [0.25, 0.3) is 0 Å². The molecule has 5 heteroatoms. The predicted molar refractivity (Wildman–Crippen MR) is 53.1 cm³/mol. The third-order valence-electron chi connectivity index (χ3n) is 1.94. The number of anilines is 1. The van der Waals surface area contributed by atoms with Gasteiger partial charge in [-0.25, -0.2) is 9.18 Å². The van der Waals surface area contributed by atoms with Gasteiger partial charge < -0.3 is 15.5 Å². The largest absolute Gasteiger partial charge is 0.479 e. The van der Waals surface area contributed by atoms with Crippen molar-refractivity contribution in [2.45, 2.75) is 12.5 Å². The van der Waals surface area contributed by atoms with Gasteiger partial charge in [-0.2, -0.15) is 0 Å². The number of halogens is 1. The zero-order valence-electron chi connectivity index (χ0n) is 8.20. The summed E-state index contributed by atoms with van der Waals surface area (Å²) in [6.45, 7) is 1.04. The smallest absolute Gasteiger partial charge is 0.337 e. The van der Waals surface area contributed by atoms with Crippen LogP contribution in [-0.2, 0) is 4.79 Å². The molecule has 0 bridgehead atoms. The first kappa shape index (κ1) is 11.5. The van der Waals surface area contributed by atoms with Gasteiger partial charge in [-0.1, -0.05) is 0 Å². The summed E-state index contributed by atoms with van der Waals surface area (Å²) in [5.41, 5.74) is -1.29. The Bertz CT molecular complexity index is 348. The lowest BCUT2D eigenvalue weighted by Gasteiger charge is -2.18. The molecule has 0 fully saturated rings. The summed E-state index contributed by atoms with van der Waals surface area (Å²) in [5, 5.41) is 20.7. The Morgan fingerprint density at radius 2 is 2.00 bits per heavy atom. The van der Waals surface area contributed by atoms with Crippen molar-refractivity contribution in [1.29, 1.82) is 0 Å². The van der Waals surface area contributed by atoms with E-state index < -0.39 is 11.6 Å². The number of nitrogens with one attached hydrogen (secondary N) is 1. The Kier molecular flexibility index (Phi) is 3.26. The summed E-state index contributed by atoms with van der Waals surface area (Å²) >= 11 is 0. The maximum Gasteiger partial charge on any atom is 0.337 e. The highest BCUT2D eigenvalue weighted by atomic mass is 19.1. The molecule has 1 atom stereocenters. The van der Waals surface area contributed by atoms with Gasteiger partial charge in [0, 0.05) is 5.69 Å². The minimum absolute atomic E-state index is 0.145. The highest BCUT2D eigenvalue weighted by molar-refractivity contribution is 5.77. The van der Waals surface area contributed by atoms with E-state index in [-0.39, 0.29) is 12.4 Å². The molecule has 4 nitrogen and oxygen atoms in total. The van der Waals surface area contributed by atoms with Crippen molar-refractivity contribution in [3.05, 3.63) is 30.1 Å². The number of rotatable bonds is 4. The number of benzene rings is 1. The van der Waals surface area contributed by atoms with E-state index >= 15 is 0 Å². The van der Waals surface area contributed by atoms with Crippen LogP contribution in [-0.4, -0.2) is 28.3 Å². The molecule has 1 aromatic rings. The van der Waals surface area contributed by atoms with Crippen LogP contribution in [0.4, 0.5) is 10.1 Å². The van der Waals surface area contributed by atoms with Gasteiger partial charge in [0.1, 0.15) is 5.82 Å². The van der Waals surface area contributed by atoms with E-state index in [4.69, 9.17) is 5.11 Å². The summed E-state index contributed by atoms with van der Waals surface area (Å²) in [6, 6.07) is 5.43. The second-order valence-electron chi connectivity index (χ2n) is 3.44. The minimum Gasteiger partial charge on any atom is -0.479 e. The first-order valence-electron chi connectivity index (χ1n) is 4.37. The minimum atomic E-state index is -1.84. The number of carbonyl (C=O) groups is 1. The van der Waals surface area contributed by atoms with E-state index in [9.17, 15) is 14.3 Å². The van der Waals surface area contributed by atoms with Crippen molar-refractivity contribution in [2.24, 2.45) is 0 Å². The molecule has 0 radical (unpaired) electrons. The average molecular weight is 213 g/mol. The van der Waals surface area contributed by atoms with E-state index in [1.54, 1.807) is 0 Å². The van der Waals surface area contributed by atoms with Gasteiger partial charge >= 0.3 is 5.97 Å². The van der Waals surface area contributed by atoms with Crippen molar-refractivity contribution in [2.75, 3.05) is 11.9 Å². The van der Waals surface area contributed by atoms with Crippen LogP contribution < -0.4 is 5.32 Å². The summed E-state index contributed by atoms with van der Waals surface area (Å²) in [7, 11) is 0. The lowest BCUT2D eigenvalue weighted by Crippen LogP contribution is -2.41. The van der Waals surface area contributed by atoms with Crippen molar-refractivity contribution in [3.8, 4) is 0 Å². The fourth-order valence-corrected chi connectivity index (χ4v) is 0.918. The highest BCUT2D eigenvalue weighted by Crippen LogP contribution is 2.10. The van der Waals surface area contributed by atoms with Crippen molar-refractivity contribution in [1.82, 2.24) is 0 Å². The molecule has 0 spiro atoms. The number of aliphatic carboxylic acids is 1. The normalized spacial score (nSPS) is 14.3. The Balaban J connectivity index is 2.57. The molecule has 0 amide bonds. The Morgan fingerprint density at radius 1 is 1.47 bits per heavy atom. The quantitative estimate of drug-likeness (QED) is 0.699. The molecule has 0 saturated heterocycles. The van der Waals surface area contributed by atoms with Gasteiger partial charge in [0.05, 0.1) is 6.54 Å². The zero-order chi connectivity index (χ0) is 11.5. The van der Waals surface area contributed by atoms with E-state index in [1.807, 2.05) is 0 Å². The number of hydrogen-bond acceptors (Lipinski definition) is 3. The van der Waals surface area contributed by atoms with Crippen molar-refractivity contribution >= 4 is 11.7 Å². The molecule has 0 aliphatic carbocycles. The zero-order valence-corrected chi connectivity index (χ0v) is 8.20. The molecule has 0 saturated carbocycles. The lowest BCUT2D eigenvalue weighted by atomic mass is 10.1. The van der Waals surface area contributed by atoms with Gasteiger partial charge in [-0.05, 0) is 31.2 Å². The molecule has 1 aromatic carbocycles. The van der Waals surface area contributed by atoms with Gasteiger partial charge in [0.15, 0.2) is 5.60 Å². The Morgan fingerprint density at radius 3 is 2.47 bits per heavy atom. The molecule has 0 aliphatic rings. The summed E-state index contributed by atoms with van der Waals surface area (Å²) in [6.07, 6.45) is 0. The topological polar surface area (TPSA) is 69.6 Å². The monoisotopic (exact) mass is 213 g/mol. The van der Waals surface area contributed by atoms with Gasteiger partial charge in [-0.15, -0.1) is 0 Å². The molecular formula is C10H12FNO3. The number of carboxylic acid groups (broad SMARTS) is 1. The van der Waals surface area contributed by atoms with E-state index in [0.717, 1.165) is 0 Å². The standard InChI is InChI=1S/C10H12FNO3/c1-10(15,9(13)14)6-12-8-4-2-7(11)3-5-8/h2-5,12,15H,6H2,1H3,(H,13,14). The molecule has 3 N–H and O–H groups in total. The van der Waals surface area contributed by atoms with Gasteiger partial charge in [0.2, 0.25) is 0 Å². The predicted octanol–water partition coefficient (Wildman–Crippen LogP) is 1.07. The van der Waals surface area contributed by atoms with Crippen LogP contribution in [0.5, 0.6) is 0 Å². The SMILES string of the molecule is CC(O)(CNc1ccc(F)cc1)C(=O)O. The van der Waals surface area contributed by atoms with Crippen LogP contribution in [0.1, 0.15) is 6.92 Å². The van der Waals surface area contributed by atoms with Crippen LogP contribution in [0.15, 0.2) is 24.3 Å².